The van der Waals surface area contributed by atoms with E-state index in [0.29, 0.717) is 30.7 Å². The fourth-order valence-corrected chi connectivity index (χ4v) is 2.03. The smallest absolute Gasteiger partial charge is 0.220 e. The van der Waals surface area contributed by atoms with E-state index in [-0.39, 0.29) is 5.91 Å². The molecule has 16 heavy (non-hydrogen) atoms. The lowest BCUT2D eigenvalue weighted by Gasteiger charge is -2.10. The fraction of sp³-hybridized carbons (Fsp3) is 0.727. The van der Waals surface area contributed by atoms with E-state index in [0.717, 1.165) is 12.8 Å². The summed E-state index contributed by atoms with van der Waals surface area (Å²) in [5.41, 5.74) is 0. The molecule has 0 aliphatic heterocycles. The maximum Gasteiger partial charge on any atom is 0.220 e. The normalized spacial score (nSPS) is 16.6. The first kappa shape index (κ1) is 11.1. The highest BCUT2D eigenvalue weighted by Gasteiger charge is 2.17. The van der Waals surface area contributed by atoms with Crippen molar-refractivity contribution in [2.24, 2.45) is 0 Å². The lowest BCUT2D eigenvalue weighted by molar-refractivity contribution is -0.121. The molecule has 0 bridgehead atoms. The van der Waals surface area contributed by atoms with Crippen molar-refractivity contribution in [3.8, 4) is 0 Å². The molecule has 1 fully saturated rings. The third kappa shape index (κ3) is 3.05. The van der Waals surface area contributed by atoms with Crippen LogP contribution in [0.3, 0.4) is 0 Å². The van der Waals surface area contributed by atoms with E-state index < -0.39 is 0 Å². The minimum atomic E-state index is 0.0859. The van der Waals surface area contributed by atoms with E-state index in [1.807, 2.05) is 0 Å². The highest BCUT2D eigenvalue weighted by molar-refractivity contribution is 5.76. The van der Waals surface area contributed by atoms with Gasteiger partial charge in [-0.25, -0.2) is 0 Å². The van der Waals surface area contributed by atoms with E-state index in [2.05, 4.69) is 15.5 Å². The summed E-state index contributed by atoms with van der Waals surface area (Å²) >= 11 is 0. The lowest BCUT2D eigenvalue weighted by atomic mass is 10.2. The van der Waals surface area contributed by atoms with Gasteiger partial charge in [0.2, 0.25) is 17.7 Å². The second kappa shape index (κ2) is 5.09. The summed E-state index contributed by atoms with van der Waals surface area (Å²) in [7, 11) is 0. The Labute approximate surface area is 94.6 Å². The molecule has 1 heterocycles. The Morgan fingerprint density at radius 2 is 2.19 bits per heavy atom. The first-order valence-corrected chi connectivity index (χ1v) is 5.82. The van der Waals surface area contributed by atoms with Gasteiger partial charge in [-0.1, -0.05) is 12.8 Å². The molecule has 1 amide bonds. The molecule has 1 aliphatic rings. The van der Waals surface area contributed by atoms with Crippen LogP contribution < -0.4 is 5.32 Å². The van der Waals surface area contributed by atoms with Gasteiger partial charge in [0, 0.05) is 25.8 Å². The predicted octanol–water partition coefficient (Wildman–Crippen LogP) is 1.37. The highest BCUT2D eigenvalue weighted by Crippen LogP contribution is 2.17. The van der Waals surface area contributed by atoms with Crippen LogP contribution in [-0.2, 0) is 11.2 Å². The molecule has 1 aromatic rings. The fourth-order valence-electron chi connectivity index (χ4n) is 2.03. The van der Waals surface area contributed by atoms with Crippen molar-refractivity contribution in [1.82, 2.24) is 15.5 Å². The van der Waals surface area contributed by atoms with Gasteiger partial charge in [0.15, 0.2) is 0 Å². The third-order valence-electron chi connectivity index (χ3n) is 2.85. The quantitative estimate of drug-likeness (QED) is 0.837. The van der Waals surface area contributed by atoms with Gasteiger partial charge in [-0.3, -0.25) is 4.79 Å². The second-order valence-corrected chi connectivity index (χ2v) is 4.26. The molecule has 5 heteroatoms. The number of nitrogens with one attached hydrogen (secondary N) is 1. The van der Waals surface area contributed by atoms with Crippen LogP contribution in [0.15, 0.2) is 4.42 Å². The van der Waals surface area contributed by atoms with Crippen LogP contribution in [0.4, 0.5) is 0 Å². The van der Waals surface area contributed by atoms with E-state index in [4.69, 9.17) is 4.42 Å². The number of aryl methyl sites for hydroxylation is 2. The molecule has 88 valence electrons. The van der Waals surface area contributed by atoms with Crippen LogP contribution in [0.1, 0.15) is 43.9 Å². The van der Waals surface area contributed by atoms with Gasteiger partial charge in [0.1, 0.15) is 0 Å². The van der Waals surface area contributed by atoms with Crippen molar-refractivity contribution in [3.63, 3.8) is 0 Å². The molecule has 0 atom stereocenters. The minimum Gasteiger partial charge on any atom is -0.426 e. The maximum atomic E-state index is 11.6. The molecule has 5 nitrogen and oxygen atoms in total. The van der Waals surface area contributed by atoms with E-state index >= 15 is 0 Å². The Balaban J connectivity index is 1.71. The van der Waals surface area contributed by atoms with Gasteiger partial charge in [-0.2, -0.15) is 0 Å². The summed E-state index contributed by atoms with van der Waals surface area (Å²) in [6.07, 6.45) is 5.65. The van der Waals surface area contributed by atoms with Crippen molar-refractivity contribution in [1.29, 1.82) is 0 Å². The summed E-state index contributed by atoms with van der Waals surface area (Å²) in [6, 6.07) is 0.386. The van der Waals surface area contributed by atoms with Gasteiger partial charge >= 0.3 is 0 Å². The summed E-state index contributed by atoms with van der Waals surface area (Å²) in [5, 5.41) is 10.6. The van der Waals surface area contributed by atoms with E-state index in [1.165, 1.54) is 12.8 Å². The zero-order chi connectivity index (χ0) is 11.4. The SMILES string of the molecule is Cc1nnc(CCC(=O)NC2CCCC2)o1. The van der Waals surface area contributed by atoms with Crippen molar-refractivity contribution in [2.45, 2.75) is 51.5 Å². The monoisotopic (exact) mass is 223 g/mol. The molecule has 2 rings (SSSR count). The molecule has 0 spiro atoms. The molecule has 1 aliphatic carbocycles. The molecular formula is C11H17N3O2. The summed E-state index contributed by atoms with van der Waals surface area (Å²) in [4.78, 5) is 11.6. The lowest BCUT2D eigenvalue weighted by Crippen LogP contribution is -2.32. The highest BCUT2D eigenvalue weighted by atomic mass is 16.4. The predicted molar refractivity (Wildman–Crippen MR) is 57.8 cm³/mol. The van der Waals surface area contributed by atoms with Crippen LogP contribution in [0.25, 0.3) is 0 Å². The first-order valence-electron chi connectivity index (χ1n) is 5.82. The molecule has 1 N–H and O–H groups in total. The molecule has 1 saturated carbocycles. The Kier molecular flexibility index (Phi) is 3.54. The van der Waals surface area contributed by atoms with Gasteiger partial charge in [0.25, 0.3) is 0 Å². The number of nitrogens with zero attached hydrogens (tertiary/aromatic N) is 2. The number of hydrogen-bond donors (Lipinski definition) is 1. The summed E-state index contributed by atoms with van der Waals surface area (Å²) in [6.45, 7) is 1.75. The number of aromatic nitrogens is 2. The molecule has 0 radical (unpaired) electrons. The van der Waals surface area contributed by atoms with Crippen molar-refractivity contribution in [2.75, 3.05) is 0 Å². The standard InChI is InChI=1S/C11H17N3O2/c1-8-13-14-11(16-8)7-6-10(15)12-9-4-2-3-5-9/h9H,2-7H2,1H3,(H,12,15). The summed E-state index contributed by atoms with van der Waals surface area (Å²) in [5.74, 6) is 1.17. The van der Waals surface area contributed by atoms with Crippen molar-refractivity contribution in [3.05, 3.63) is 11.8 Å². The Bertz CT molecular complexity index is 356. The number of rotatable bonds is 4. The van der Waals surface area contributed by atoms with Crippen molar-refractivity contribution < 1.29 is 9.21 Å². The zero-order valence-corrected chi connectivity index (χ0v) is 9.53. The average Bonchev–Trinajstić information content (AvgIpc) is 2.87. The molecule has 0 saturated heterocycles. The van der Waals surface area contributed by atoms with Crippen LogP contribution in [0, 0.1) is 6.92 Å². The van der Waals surface area contributed by atoms with E-state index in [9.17, 15) is 4.79 Å². The van der Waals surface area contributed by atoms with Gasteiger partial charge in [-0.15, -0.1) is 10.2 Å². The van der Waals surface area contributed by atoms with Crippen LogP contribution in [0.5, 0.6) is 0 Å². The molecular weight excluding hydrogens is 206 g/mol. The Hall–Kier alpha value is -1.39. The number of carbonyl (C=O) groups is 1. The molecule has 0 unspecified atom stereocenters. The third-order valence-corrected chi connectivity index (χ3v) is 2.85. The average molecular weight is 223 g/mol. The Morgan fingerprint density at radius 3 is 2.81 bits per heavy atom. The number of amides is 1. The van der Waals surface area contributed by atoms with Crippen LogP contribution in [-0.4, -0.2) is 22.1 Å². The summed E-state index contributed by atoms with van der Waals surface area (Å²) < 4.78 is 5.20. The van der Waals surface area contributed by atoms with E-state index in [1.54, 1.807) is 6.92 Å². The topological polar surface area (TPSA) is 68.0 Å². The number of carbonyl (C=O) groups excluding carboxylic acids is 1. The molecule has 0 aromatic carbocycles. The number of hydrogen-bond acceptors (Lipinski definition) is 4. The van der Waals surface area contributed by atoms with Crippen molar-refractivity contribution >= 4 is 5.91 Å². The Morgan fingerprint density at radius 1 is 1.44 bits per heavy atom. The first-order chi connectivity index (χ1) is 7.74. The second-order valence-electron chi connectivity index (χ2n) is 4.26. The van der Waals surface area contributed by atoms with Crippen LogP contribution in [0.2, 0.25) is 0 Å². The van der Waals surface area contributed by atoms with Gasteiger partial charge in [-0.05, 0) is 12.8 Å². The van der Waals surface area contributed by atoms with Gasteiger partial charge < -0.3 is 9.73 Å². The largest absolute Gasteiger partial charge is 0.426 e. The molecule has 1 aromatic heterocycles. The zero-order valence-electron chi connectivity index (χ0n) is 9.53. The van der Waals surface area contributed by atoms with Crippen LogP contribution >= 0.6 is 0 Å². The maximum absolute atomic E-state index is 11.6. The minimum absolute atomic E-state index is 0.0859. The van der Waals surface area contributed by atoms with Gasteiger partial charge in [0.05, 0.1) is 0 Å².